The Hall–Kier alpha value is -0.913. The molecular formula is C11H22O4Si. The maximum Gasteiger partial charge on any atom is 0.334 e. The van der Waals surface area contributed by atoms with Gasteiger partial charge in [-0.05, 0) is 19.0 Å². The van der Waals surface area contributed by atoms with Gasteiger partial charge in [0.05, 0.1) is 6.61 Å². The Kier molecular flexibility index (Phi) is 11.6. The average molecular weight is 246 g/mol. The molecule has 0 aromatic heterocycles. The van der Waals surface area contributed by atoms with Gasteiger partial charge in [-0.1, -0.05) is 6.58 Å². The molecule has 0 saturated heterocycles. The predicted molar refractivity (Wildman–Crippen MR) is 67.5 cm³/mol. The van der Waals surface area contributed by atoms with Crippen LogP contribution in [0, 0.1) is 0 Å². The third kappa shape index (κ3) is 8.40. The van der Waals surface area contributed by atoms with Gasteiger partial charge in [-0.25, -0.2) is 4.79 Å². The molecule has 0 aromatic carbocycles. The van der Waals surface area contributed by atoms with Gasteiger partial charge in [0.2, 0.25) is 0 Å². The molecule has 0 radical (unpaired) electrons. The molecule has 0 saturated carbocycles. The molecule has 0 aromatic rings. The molecule has 16 heavy (non-hydrogen) atoms. The fourth-order valence-electron chi connectivity index (χ4n) is 0.912. The maximum absolute atomic E-state index is 10.7. The first-order valence-corrected chi connectivity index (χ1v) is 7.50. The zero-order valence-electron chi connectivity index (χ0n) is 10.5. The van der Waals surface area contributed by atoms with E-state index in [1.165, 1.54) is 0 Å². The van der Waals surface area contributed by atoms with Crippen LogP contribution in [0.4, 0.5) is 0 Å². The van der Waals surface area contributed by atoms with Crippen molar-refractivity contribution >= 4 is 14.5 Å². The summed E-state index contributed by atoms with van der Waals surface area (Å²) < 4.78 is 15.4. The lowest BCUT2D eigenvalue weighted by molar-refractivity contribution is -0.137. The van der Waals surface area contributed by atoms with Crippen molar-refractivity contribution in [3.8, 4) is 0 Å². The van der Waals surface area contributed by atoms with Crippen LogP contribution in [0.3, 0.4) is 0 Å². The Morgan fingerprint density at radius 2 is 1.81 bits per heavy atom. The van der Waals surface area contributed by atoms with Crippen LogP contribution in [0.25, 0.3) is 0 Å². The number of hydrogen-bond donors (Lipinski definition) is 0. The van der Waals surface area contributed by atoms with E-state index < -0.39 is 8.56 Å². The largest absolute Gasteiger partial charge is 0.463 e. The summed E-state index contributed by atoms with van der Waals surface area (Å²) in [4.78, 5) is 10.7. The van der Waals surface area contributed by atoms with Crippen LogP contribution >= 0.6 is 0 Å². The summed E-state index contributed by atoms with van der Waals surface area (Å²) in [6.45, 7) is 11.7. The molecule has 0 aliphatic heterocycles. The van der Waals surface area contributed by atoms with Crippen LogP contribution in [0.5, 0.6) is 0 Å². The third-order valence-corrected chi connectivity index (χ3v) is 5.04. The van der Waals surface area contributed by atoms with Crippen LogP contribution in [0.15, 0.2) is 25.8 Å². The molecule has 0 rings (SSSR count). The third-order valence-electron chi connectivity index (χ3n) is 2.05. The van der Waals surface area contributed by atoms with Gasteiger partial charge < -0.3 is 13.6 Å². The average Bonchev–Trinajstić information content (AvgIpc) is 2.36. The Morgan fingerprint density at radius 1 is 1.31 bits per heavy atom. The summed E-state index contributed by atoms with van der Waals surface area (Å²) in [5.41, 5.74) is 0. The van der Waals surface area contributed by atoms with Crippen molar-refractivity contribution in [2.24, 2.45) is 0 Å². The van der Waals surface area contributed by atoms with Crippen molar-refractivity contribution in [2.75, 3.05) is 20.8 Å². The summed E-state index contributed by atoms with van der Waals surface area (Å²) >= 11 is 0. The normalized spacial score (nSPS) is 9.94. The van der Waals surface area contributed by atoms with Gasteiger partial charge in [0, 0.05) is 20.3 Å². The second kappa shape index (κ2) is 10.6. The van der Waals surface area contributed by atoms with E-state index in [1.807, 2.05) is 6.55 Å². The van der Waals surface area contributed by atoms with E-state index in [0.29, 0.717) is 6.61 Å². The maximum atomic E-state index is 10.7. The minimum Gasteiger partial charge on any atom is -0.463 e. The monoisotopic (exact) mass is 246 g/mol. The molecule has 0 fully saturated rings. The SMILES string of the molecule is C=C.C=CC(=O)OCCC[Si](C)(OC)OC. The summed E-state index contributed by atoms with van der Waals surface area (Å²) in [5.74, 6) is -0.386. The zero-order chi connectivity index (χ0) is 13.0. The highest BCUT2D eigenvalue weighted by Gasteiger charge is 2.27. The molecule has 0 amide bonds. The van der Waals surface area contributed by atoms with Crippen LogP contribution in [0.2, 0.25) is 12.6 Å². The van der Waals surface area contributed by atoms with Crippen molar-refractivity contribution in [1.82, 2.24) is 0 Å². The molecule has 4 nitrogen and oxygen atoms in total. The Labute approximate surface area is 99.1 Å². The Bertz CT molecular complexity index is 202. The molecule has 0 aliphatic carbocycles. The lowest BCUT2D eigenvalue weighted by Crippen LogP contribution is -2.36. The number of carbonyl (C=O) groups is 1. The zero-order valence-corrected chi connectivity index (χ0v) is 11.5. The highest BCUT2D eigenvalue weighted by Crippen LogP contribution is 2.13. The quantitative estimate of drug-likeness (QED) is 0.227. The van der Waals surface area contributed by atoms with Crippen molar-refractivity contribution in [1.29, 1.82) is 0 Å². The highest BCUT2D eigenvalue weighted by molar-refractivity contribution is 6.65. The molecule has 5 heteroatoms. The topological polar surface area (TPSA) is 44.8 Å². The standard InChI is InChI=1S/C9H18O4Si.C2H4/c1-5-9(10)13-7-6-8-14(4,11-2)12-3;1-2/h5H,1,6-8H2,2-4H3;1-2H2. The van der Waals surface area contributed by atoms with E-state index in [4.69, 9.17) is 13.6 Å². The first-order valence-electron chi connectivity index (χ1n) is 4.97. The van der Waals surface area contributed by atoms with E-state index in [0.717, 1.165) is 18.5 Å². The predicted octanol–water partition coefficient (Wildman–Crippen LogP) is 2.27. The first kappa shape index (κ1) is 17.5. The van der Waals surface area contributed by atoms with Gasteiger partial charge in [-0.2, -0.15) is 0 Å². The Morgan fingerprint density at radius 3 is 2.19 bits per heavy atom. The molecule has 0 unspecified atom stereocenters. The molecule has 0 spiro atoms. The van der Waals surface area contributed by atoms with E-state index in [1.54, 1.807) is 14.2 Å². The fraction of sp³-hybridized carbons (Fsp3) is 0.545. The van der Waals surface area contributed by atoms with Crippen LogP contribution in [-0.2, 0) is 18.4 Å². The number of carbonyl (C=O) groups excluding carboxylic acids is 1. The summed E-state index contributed by atoms with van der Waals surface area (Å²) in [6, 6.07) is 0.810. The number of hydrogen-bond acceptors (Lipinski definition) is 4. The van der Waals surface area contributed by atoms with Gasteiger partial charge in [-0.15, -0.1) is 13.2 Å². The molecule has 0 heterocycles. The highest BCUT2D eigenvalue weighted by atomic mass is 28.4. The van der Waals surface area contributed by atoms with Gasteiger partial charge in [-0.3, -0.25) is 0 Å². The number of esters is 1. The van der Waals surface area contributed by atoms with Crippen molar-refractivity contribution < 1.29 is 18.4 Å². The summed E-state index contributed by atoms with van der Waals surface area (Å²) in [7, 11) is 1.29. The van der Waals surface area contributed by atoms with Crippen LogP contribution < -0.4 is 0 Å². The summed E-state index contributed by atoms with van der Waals surface area (Å²) in [5, 5.41) is 0. The Balaban J connectivity index is 0. The van der Waals surface area contributed by atoms with Gasteiger partial charge >= 0.3 is 14.5 Å². The molecule has 0 bridgehead atoms. The second-order valence-electron chi connectivity index (χ2n) is 3.02. The van der Waals surface area contributed by atoms with Crippen LogP contribution in [0.1, 0.15) is 6.42 Å². The van der Waals surface area contributed by atoms with Gasteiger partial charge in [0.25, 0.3) is 0 Å². The molecule has 0 N–H and O–H groups in total. The van der Waals surface area contributed by atoms with Crippen molar-refractivity contribution in [3.63, 3.8) is 0 Å². The van der Waals surface area contributed by atoms with Crippen molar-refractivity contribution in [2.45, 2.75) is 19.0 Å². The first-order chi connectivity index (χ1) is 7.58. The van der Waals surface area contributed by atoms with Crippen molar-refractivity contribution in [3.05, 3.63) is 25.8 Å². The molecule has 0 aliphatic rings. The molecule has 0 atom stereocenters. The number of rotatable bonds is 7. The smallest absolute Gasteiger partial charge is 0.334 e. The minimum absolute atomic E-state index is 0.386. The lowest BCUT2D eigenvalue weighted by Gasteiger charge is -2.22. The van der Waals surface area contributed by atoms with Gasteiger partial charge in [0.1, 0.15) is 0 Å². The number of ether oxygens (including phenoxy) is 1. The molecular weight excluding hydrogens is 224 g/mol. The van der Waals surface area contributed by atoms with E-state index in [-0.39, 0.29) is 5.97 Å². The molecule has 94 valence electrons. The lowest BCUT2D eigenvalue weighted by atomic mass is 10.5. The van der Waals surface area contributed by atoms with E-state index in [2.05, 4.69) is 19.7 Å². The van der Waals surface area contributed by atoms with E-state index >= 15 is 0 Å². The van der Waals surface area contributed by atoms with E-state index in [9.17, 15) is 4.79 Å². The van der Waals surface area contributed by atoms with Crippen LogP contribution in [-0.4, -0.2) is 35.4 Å². The minimum atomic E-state index is -2.00. The van der Waals surface area contributed by atoms with Gasteiger partial charge in [0.15, 0.2) is 0 Å². The summed E-state index contributed by atoms with van der Waals surface area (Å²) in [6.07, 6.45) is 1.91. The second-order valence-corrected chi connectivity index (χ2v) is 6.60. The fourth-order valence-corrected chi connectivity index (χ4v) is 2.27.